The summed E-state index contributed by atoms with van der Waals surface area (Å²) in [4.78, 5) is 6.82. The van der Waals surface area contributed by atoms with Crippen LogP contribution < -0.4 is 5.32 Å². The Balaban J connectivity index is 2.01. The summed E-state index contributed by atoms with van der Waals surface area (Å²) in [5.41, 5.74) is 1.34. The predicted molar refractivity (Wildman–Crippen MR) is 69.9 cm³/mol. The molecule has 1 fully saturated rings. The van der Waals surface area contributed by atoms with E-state index in [4.69, 9.17) is 0 Å². The molecule has 2 unspecified atom stereocenters. The Morgan fingerprint density at radius 1 is 1.47 bits per heavy atom. The lowest BCUT2D eigenvalue weighted by Gasteiger charge is -2.37. The molecule has 4 heteroatoms. The maximum Gasteiger partial charge on any atom is 0.0948 e. The fraction of sp³-hybridized carbons (Fsp3) is 0.769. The van der Waals surface area contributed by atoms with E-state index in [1.54, 1.807) is 0 Å². The second-order valence-corrected chi connectivity index (χ2v) is 5.17. The van der Waals surface area contributed by atoms with Crippen molar-refractivity contribution >= 4 is 0 Å². The van der Waals surface area contributed by atoms with Crippen LogP contribution in [0.1, 0.15) is 32.9 Å². The number of hydrogen-bond acceptors (Lipinski definition) is 3. The van der Waals surface area contributed by atoms with Crippen LogP contribution in [0, 0.1) is 0 Å². The van der Waals surface area contributed by atoms with Crippen molar-refractivity contribution in [3.05, 3.63) is 18.2 Å². The van der Waals surface area contributed by atoms with E-state index in [2.05, 4.69) is 40.5 Å². The molecular weight excluding hydrogens is 212 g/mol. The molecule has 0 amide bonds. The first-order valence-corrected chi connectivity index (χ1v) is 6.67. The number of rotatable bonds is 4. The normalized spacial score (nSPS) is 26.3. The third-order valence-corrected chi connectivity index (χ3v) is 3.52. The Kier molecular flexibility index (Phi) is 4.18. The molecule has 1 N–H and O–H groups in total. The molecular formula is C13H24N4. The van der Waals surface area contributed by atoms with Crippen molar-refractivity contribution in [2.45, 2.75) is 52.4 Å². The standard InChI is InChI=1S/C13H24N4/c1-4-5-16-10-14-7-13(16)9-17-8-11(2)15-6-12(17)3/h7,10-12,15H,4-6,8-9H2,1-3H3. The summed E-state index contributed by atoms with van der Waals surface area (Å²) < 4.78 is 2.28. The van der Waals surface area contributed by atoms with Crippen LogP contribution in [0.3, 0.4) is 0 Å². The van der Waals surface area contributed by atoms with Gasteiger partial charge in [0.1, 0.15) is 0 Å². The molecule has 0 bridgehead atoms. The summed E-state index contributed by atoms with van der Waals surface area (Å²) in [5.74, 6) is 0. The topological polar surface area (TPSA) is 33.1 Å². The highest BCUT2D eigenvalue weighted by Crippen LogP contribution is 2.12. The van der Waals surface area contributed by atoms with Gasteiger partial charge in [-0.05, 0) is 20.3 Å². The maximum atomic E-state index is 4.27. The minimum absolute atomic E-state index is 0.591. The Labute approximate surface area is 104 Å². The van der Waals surface area contributed by atoms with E-state index in [1.165, 1.54) is 5.69 Å². The van der Waals surface area contributed by atoms with E-state index in [1.807, 2.05) is 12.5 Å². The molecule has 0 spiro atoms. The van der Waals surface area contributed by atoms with Gasteiger partial charge in [0, 0.05) is 44.5 Å². The molecule has 0 aromatic carbocycles. The average molecular weight is 236 g/mol. The van der Waals surface area contributed by atoms with Gasteiger partial charge >= 0.3 is 0 Å². The lowest BCUT2D eigenvalue weighted by atomic mass is 10.1. The fourth-order valence-corrected chi connectivity index (χ4v) is 2.45. The van der Waals surface area contributed by atoms with E-state index < -0.39 is 0 Å². The van der Waals surface area contributed by atoms with Crippen LogP contribution in [0.25, 0.3) is 0 Å². The van der Waals surface area contributed by atoms with Crippen molar-refractivity contribution in [1.82, 2.24) is 19.8 Å². The summed E-state index contributed by atoms with van der Waals surface area (Å²) in [6.45, 7) is 11.1. The first-order chi connectivity index (χ1) is 8.20. The molecule has 0 radical (unpaired) electrons. The van der Waals surface area contributed by atoms with Crippen LogP contribution in [-0.2, 0) is 13.1 Å². The van der Waals surface area contributed by atoms with Gasteiger partial charge in [0.05, 0.1) is 12.0 Å². The first kappa shape index (κ1) is 12.6. The monoisotopic (exact) mass is 236 g/mol. The molecule has 1 aromatic heterocycles. The van der Waals surface area contributed by atoms with Gasteiger partial charge in [0.15, 0.2) is 0 Å². The van der Waals surface area contributed by atoms with Crippen molar-refractivity contribution in [3.8, 4) is 0 Å². The van der Waals surface area contributed by atoms with Gasteiger partial charge in [-0.3, -0.25) is 4.90 Å². The van der Waals surface area contributed by atoms with E-state index in [0.717, 1.165) is 32.6 Å². The molecule has 2 rings (SSSR count). The van der Waals surface area contributed by atoms with E-state index >= 15 is 0 Å². The zero-order valence-corrected chi connectivity index (χ0v) is 11.2. The van der Waals surface area contributed by atoms with E-state index in [0.29, 0.717) is 12.1 Å². The van der Waals surface area contributed by atoms with Gasteiger partial charge in [0.25, 0.3) is 0 Å². The zero-order chi connectivity index (χ0) is 12.3. The lowest BCUT2D eigenvalue weighted by molar-refractivity contribution is 0.135. The molecule has 17 heavy (non-hydrogen) atoms. The number of aryl methyl sites for hydroxylation is 1. The number of nitrogens with zero attached hydrogens (tertiary/aromatic N) is 3. The largest absolute Gasteiger partial charge is 0.333 e. The first-order valence-electron chi connectivity index (χ1n) is 6.67. The predicted octanol–water partition coefficient (Wildman–Crippen LogP) is 1.48. The minimum atomic E-state index is 0.591. The van der Waals surface area contributed by atoms with Gasteiger partial charge in [0.2, 0.25) is 0 Å². The molecule has 1 aliphatic rings. The van der Waals surface area contributed by atoms with Crippen LogP contribution in [0.15, 0.2) is 12.5 Å². The number of nitrogens with one attached hydrogen (secondary N) is 1. The molecule has 1 aromatic rings. The highest BCUT2D eigenvalue weighted by atomic mass is 15.2. The molecule has 1 aliphatic heterocycles. The van der Waals surface area contributed by atoms with Gasteiger partial charge in [-0.25, -0.2) is 4.98 Å². The molecule has 0 aliphatic carbocycles. The van der Waals surface area contributed by atoms with Crippen molar-refractivity contribution in [1.29, 1.82) is 0 Å². The highest BCUT2D eigenvalue weighted by molar-refractivity contribution is 5.00. The quantitative estimate of drug-likeness (QED) is 0.859. The fourth-order valence-electron chi connectivity index (χ4n) is 2.45. The second kappa shape index (κ2) is 5.65. The van der Waals surface area contributed by atoms with Crippen LogP contribution in [-0.4, -0.2) is 39.6 Å². The molecule has 2 heterocycles. The summed E-state index contributed by atoms with van der Waals surface area (Å²) in [6.07, 6.45) is 5.13. The van der Waals surface area contributed by atoms with E-state index in [-0.39, 0.29) is 0 Å². The third-order valence-electron chi connectivity index (χ3n) is 3.52. The van der Waals surface area contributed by atoms with Crippen molar-refractivity contribution < 1.29 is 0 Å². The SMILES string of the molecule is CCCn1cncc1CN1CC(C)NCC1C. The Bertz CT molecular complexity index is 347. The maximum absolute atomic E-state index is 4.27. The number of aromatic nitrogens is 2. The number of hydrogen-bond donors (Lipinski definition) is 1. The van der Waals surface area contributed by atoms with Crippen LogP contribution in [0.2, 0.25) is 0 Å². The Morgan fingerprint density at radius 2 is 2.29 bits per heavy atom. The van der Waals surface area contributed by atoms with Gasteiger partial charge in [-0.2, -0.15) is 0 Å². The molecule has 0 saturated carbocycles. The second-order valence-electron chi connectivity index (χ2n) is 5.17. The minimum Gasteiger partial charge on any atom is -0.333 e. The van der Waals surface area contributed by atoms with Gasteiger partial charge in [-0.1, -0.05) is 6.92 Å². The highest BCUT2D eigenvalue weighted by Gasteiger charge is 2.22. The van der Waals surface area contributed by atoms with Gasteiger partial charge < -0.3 is 9.88 Å². The van der Waals surface area contributed by atoms with Crippen LogP contribution in [0.4, 0.5) is 0 Å². The summed E-state index contributed by atoms with van der Waals surface area (Å²) in [5, 5.41) is 3.52. The lowest BCUT2D eigenvalue weighted by Crippen LogP contribution is -2.53. The zero-order valence-electron chi connectivity index (χ0n) is 11.2. The van der Waals surface area contributed by atoms with E-state index in [9.17, 15) is 0 Å². The Morgan fingerprint density at radius 3 is 3.06 bits per heavy atom. The molecule has 1 saturated heterocycles. The third kappa shape index (κ3) is 3.07. The molecule has 2 atom stereocenters. The van der Waals surface area contributed by atoms with Crippen molar-refractivity contribution in [2.24, 2.45) is 0 Å². The molecule has 96 valence electrons. The number of imidazole rings is 1. The van der Waals surface area contributed by atoms with Crippen molar-refractivity contribution in [2.75, 3.05) is 13.1 Å². The summed E-state index contributed by atoms with van der Waals surface area (Å²) in [6, 6.07) is 1.20. The molecule has 4 nitrogen and oxygen atoms in total. The van der Waals surface area contributed by atoms with Gasteiger partial charge in [-0.15, -0.1) is 0 Å². The van der Waals surface area contributed by atoms with Crippen LogP contribution in [0.5, 0.6) is 0 Å². The van der Waals surface area contributed by atoms with Crippen molar-refractivity contribution in [3.63, 3.8) is 0 Å². The smallest absolute Gasteiger partial charge is 0.0948 e. The summed E-state index contributed by atoms with van der Waals surface area (Å²) in [7, 11) is 0. The number of piperazine rings is 1. The average Bonchev–Trinajstić information content (AvgIpc) is 2.72. The summed E-state index contributed by atoms with van der Waals surface area (Å²) >= 11 is 0. The Hall–Kier alpha value is -0.870. The van der Waals surface area contributed by atoms with Crippen LogP contribution >= 0.6 is 0 Å².